The predicted octanol–water partition coefficient (Wildman–Crippen LogP) is 5.81. The molecule has 0 aliphatic carbocycles. The zero-order valence-electron chi connectivity index (χ0n) is 17.0. The van der Waals surface area contributed by atoms with Gasteiger partial charge in [-0.25, -0.2) is 0 Å². The third-order valence-corrected chi connectivity index (χ3v) is 5.75. The highest BCUT2D eigenvalue weighted by Gasteiger charge is 2.34. The number of aryl methyl sites for hydroxylation is 1. The van der Waals surface area contributed by atoms with Crippen molar-refractivity contribution in [1.82, 2.24) is 4.90 Å². The van der Waals surface area contributed by atoms with Crippen LogP contribution in [0.2, 0.25) is 5.02 Å². The number of carbonyl (C=O) groups is 2. The van der Waals surface area contributed by atoms with Crippen LogP contribution in [0.5, 0.6) is 11.5 Å². The summed E-state index contributed by atoms with van der Waals surface area (Å²) in [6.45, 7) is 5.10. The highest BCUT2D eigenvalue weighted by molar-refractivity contribution is 8.18. The van der Waals surface area contributed by atoms with Crippen molar-refractivity contribution in [3.05, 3.63) is 63.5 Å². The lowest BCUT2D eigenvalue weighted by molar-refractivity contribution is -0.122. The molecule has 0 unspecified atom stereocenters. The van der Waals surface area contributed by atoms with Gasteiger partial charge in [0.2, 0.25) is 0 Å². The topological polar surface area (TPSA) is 55.8 Å². The Morgan fingerprint density at radius 2 is 1.70 bits per heavy atom. The molecular formula is C23H24ClNO4S. The van der Waals surface area contributed by atoms with Crippen molar-refractivity contribution in [1.29, 1.82) is 0 Å². The van der Waals surface area contributed by atoms with Crippen LogP contribution in [0, 0.1) is 0 Å². The summed E-state index contributed by atoms with van der Waals surface area (Å²) < 4.78 is 11.2. The number of hydrogen-bond acceptors (Lipinski definition) is 5. The van der Waals surface area contributed by atoms with Crippen LogP contribution in [-0.2, 0) is 11.2 Å². The lowest BCUT2D eigenvalue weighted by atomic mass is 10.1. The van der Waals surface area contributed by atoms with Gasteiger partial charge >= 0.3 is 0 Å². The van der Waals surface area contributed by atoms with Crippen LogP contribution in [-0.4, -0.2) is 35.8 Å². The molecule has 7 heteroatoms. The number of thioether (sulfide) groups is 1. The van der Waals surface area contributed by atoms with Crippen LogP contribution < -0.4 is 9.47 Å². The maximum absolute atomic E-state index is 12.8. The van der Waals surface area contributed by atoms with E-state index in [0.717, 1.165) is 18.2 Å². The lowest BCUT2D eigenvalue weighted by Crippen LogP contribution is -2.29. The van der Waals surface area contributed by atoms with Crippen molar-refractivity contribution >= 4 is 40.6 Å². The van der Waals surface area contributed by atoms with Gasteiger partial charge < -0.3 is 9.47 Å². The first-order chi connectivity index (χ1) is 14.5. The van der Waals surface area contributed by atoms with Crippen molar-refractivity contribution in [2.24, 2.45) is 0 Å². The Bertz CT molecular complexity index is 946. The standard InChI is InChI=1S/C23H24ClNO4S/c1-3-28-19-13-17(18(24)15-20(19)29-4-2)14-21-22(26)25(23(27)30-21)12-8-11-16-9-6-5-7-10-16/h5-7,9-10,13-15H,3-4,8,11-12H2,1-2H3/b21-14+. The number of rotatable bonds is 9. The van der Waals surface area contributed by atoms with Crippen molar-refractivity contribution in [3.8, 4) is 11.5 Å². The van der Waals surface area contributed by atoms with Gasteiger partial charge in [-0.2, -0.15) is 0 Å². The van der Waals surface area contributed by atoms with Gasteiger partial charge in [-0.1, -0.05) is 41.9 Å². The Hall–Kier alpha value is -2.44. The Balaban J connectivity index is 1.73. The maximum Gasteiger partial charge on any atom is 0.293 e. The summed E-state index contributed by atoms with van der Waals surface area (Å²) >= 11 is 7.32. The first-order valence-electron chi connectivity index (χ1n) is 9.92. The first-order valence-corrected chi connectivity index (χ1v) is 11.1. The van der Waals surface area contributed by atoms with Gasteiger partial charge in [0.25, 0.3) is 11.1 Å². The van der Waals surface area contributed by atoms with Gasteiger partial charge in [0.15, 0.2) is 11.5 Å². The fraction of sp³-hybridized carbons (Fsp3) is 0.304. The third kappa shape index (κ3) is 5.37. The average Bonchev–Trinajstić information content (AvgIpc) is 3.00. The number of carbonyl (C=O) groups excluding carboxylic acids is 2. The van der Waals surface area contributed by atoms with Crippen molar-refractivity contribution < 1.29 is 19.1 Å². The van der Waals surface area contributed by atoms with Gasteiger partial charge in [0, 0.05) is 12.6 Å². The van der Waals surface area contributed by atoms with Crippen molar-refractivity contribution in [2.45, 2.75) is 26.7 Å². The van der Waals surface area contributed by atoms with Gasteiger partial charge in [-0.15, -0.1) is 0 Å². The molecule has 2 aromatic carbocycles. The monoisotopic (exact) mass is 445 g/mol. The van der Waals surface area contributed by atoms with E-state index in [2.05, 4.69) is 0 Å². The Kier molecular flexibility index (Phi) is 7.82. The Morgan fingerprint density at radius 1 is 1.03 bits per heavy atom. The molecule has 0 saturated carbocycles. The van der Waals surface area contributed by atoms with Crippen LogP contribution in [0.4, 0.5) is 4.79 Å². The number of halogens is 1. The molecule has 3 rings (SSSR count). The first kappa shape index (κ1) is 22.2. The molecule has 0 radical (unpaired) electrons. The van der Waals surface area contributed by atoms with Crippen LogP contribution in [0.1, 0.15) is 31.4 Å². The smallest absolute Gasteiger partial charge is 0.293 e. The molecule has 2 aromatic rings. The lowest BCUT2D eigenvalue weighted by Gasteiger charge is -2.13. The molecule has 158 valence electrons. The van der Waals surface area contributed by atoms with Crippen molar-refractivity contribution in [2.75, 3.05) is 19.8 Å². The molecule has 1 saturated heterocycles. The van der Waals surface area contributed by atoms with Crippen LogP contribution >= 0.6 is 23.4 Å². The SMILES string of the molecule is CCOc1cc(Cl)c(/C=C2/SC(=O)N(CCCc3ccccc3)C2=O)cc1OCC. The predicted molar refractivity (Wildman–Crippen MR) is 121 cm³/mol. The number of imide groups is 1. The van der Waals surface area contributed by atoms with E-state index < -0.39 is 0 Å². The minimum Gasteiger partial charge on any atom is -0.490 e. The second kappa shape index (κ2) is 10.5. The summed E-state index contributed by atoms with van der Waals surface area (Å²) in [4.78, 5) is 26.8. The van der Waals surface area contributed by atoms with Gasteiger partial charge in [0.05, 0.1) is 23.1 Å². The molecule has 0 N–H and O–H groups in total. The molecule has 2 amide bonds. The normalized spacial score (nSPS) is 15.2. The van der Waals surface area contributed by atoms with E-state index in [0.29, 0.717) is 53.2 Å². The Labute approximate surface area is 186 Å². The summed E-state index contributed by atoms with van der Waals surface area (Å²) in [6.07, 6.45) is 3.17. The summed E-state index contributed by atoms with van der Waals surface area (Å²) in [7, 11) is 0. The molecule has 0 atom stereocenters. The number of ether oxygens (including phenoxy) is 2. The van der Waals surface area contributed by atoms with E-state index in [9.17, 15) is 9.59 Å². The minimum atomic E-state index is -0.291. The van der Waals surface area contributed by atoms with E-state index in [1.54, 1.807) is 18.2 Å². The van der Waals surface area contributed by atoms with Crippen LogP contribution in [0.15, 0.2) is 47.4 Å². The quantitative estimate of drug-likeness (QED) is 0.456. The van der Waals surface area contributed by atoms with Gasteiger partial charge in [-0.3, -0.25) is 14.5 Å². The molecule has 1 aliphatic rings. The average molecular weight is 446 g/mol. The number of benzene rings is 2. The summed E-state index contributed by atoms with van der Waals surface area (Å²) in [6, 6.07) is 13.4. The van der Waals surface area contributed by atoms with Crippen molar-refractivity contribution in [3.63, 3.8) is 0 Å². The van der Waals surface area contributed by atoms with E-state index in [-0.39, 0.29) is 11.1 Å². The maximum atomic E-state index is 12.8. The fourth-order valence-corrected chi connectivity index (χ4v) is 4.18. The van der Waals surface area contributed by atoms with Gasteiger partial charge in [-0.05, 0) is 61.7 Å². The highest BCUT2D eigenvalue weighted by atomic mass is 35.5. The molecule has 30 heavy (non-hydrogen) atoms. The molecule has 1 heterocycles. The van der Waals surface area contributed by atoms with E-state index in [1.807, 2.05) is 44.2 Å². The second-order valence-corrected chi connectivity index (χ2v) is 8.01. The summed E-state index contributed by atoms with van der Waals surface area (Å²) in [5, 5.41) is 0.171. The number of amides is 2. The molecular weight excluding hydrogens is 422 g/mol. The zero-order chi connectivity index (χ0) is 21.5. The molecule has 1 aliphatic heterocycles. The molecule has 0 spiro atoms. The third-order valence-electron chi connectivity index (χ3n) is 4.51. The van der Waals surface area contributed by atoms with E-state index in [4.69, 9.17) is 21.1 Å². The highest BCUT2D eigenvalue weighted by Crippen LogP contribution is 2.38. The summed E-state index contributed by atoms with van der Waals surface area (Å²) in [5.74, 6) is 0.813. The van der Waals surface area contributed by atoms with E-state index >= 15 is 0 Å². The largest absolute Gasteiger partial charge is 0.490 e. The second-order valence-electron chi connectivity index (χ2n) is 6.61. The Morgan fingerprint density at radius 3 is 2.37 bits per heavy atom. The number of nitrogens with zero attached hydrogens (tertiary/aromatic N) is 1. The summed E-state index contributed by atoms with van der Waals surface area (Å²) in [5.41, 5.74) is 1.79. The van der Waals surface area contributed by atoms with Crippen LogP contribution in [0.25, 0.3) is 6.08 Å². The van der Waals surface area contributed by atoms with Gasteiger partial charge in [0.1, 0.15) is 0 Å². The molecule has 0 bridgehead atoms. The van der Waals surface area contributed by atoms with Crippen LogP contribution in [0.3, 0.4) is 0 Å². The molecule has 0 aromatic heterocycles. The molecule has 1 fully saturated rings. The molecule has 5 nitrogen and oxygen atoms in total. The zero-order valence-corrected chi connectivity index (χ0v) is 18.6. The minimum absolute atomic E-state index is 0.258. The fourth-order valence-electron chi connectivity index (χ4n) is 3.12. The number of hydrogen-bond donors (Lipinski definition) is 0. The van der Waals surface area contributed by atoms with E-state index in [1.165, 1.54) is 10.5 Å².